The van der Waals surface area contributed by atoms with Gasteiger partial charge in [-0.2, -0.15) is 17.0 Å². The van der Waals surface area contributed by atoms with E-state index in [0.717, 1.165) is 23.5 Å². The lowest BCUT2D eigenvalue weighted by Gasteiger charge is -2.35. The van der Waals surface area contributed by atoms with Gasteiger partial charge in [-0.1, -0.05) is 0 Å². The van der Waals surface area contributed by atoms with E-state index in [1.54, 1.807) is 9.21 Å². The first kappa shape index (κ1) is 16.8. The zero-order valence-electron chi connectivity index (χ0n) is 13.3. The van der Waals surface area contributed by atoms with E-state index in [2.05, 4.69) is 4.98 Å². The summed E-state index contributed by atoms with van der Waals surface area (Å²) in [6.07, 6.45) is 2.17. The quantitative estimate of drug-likeness (QED) is 0.785. The Morgan fingerprint density at radius 1 is 1.13 bits per heavy atom. The molecule has 1 aromatic rings. The first-order valence-corrected chi connectivity index (χ1v) is 10.2. The normalized spacial score (nSPS) is 21.0. The standard InChI is InChI=1S/C14H22N4O3S2/c1-12-15-13(11-22-12)10-14(19)16-6-8-18(9-7-16)23(20,21)17-4-2-3-5-17/h11H,2-10H2,1H3. The molecule has 1 amide bonds. The molecule has 0 radical (unpaired) electrons. The van der Waals surface area contributed by atoms with Crippen molar-refractivity contribution < 1.29 is 13.2 Å². The highest BCUT2D eigenvalue weighted by Gasteiger charge is 2.34. The SMILES string of the molecule is Cc1nc(CC(=O)N2CCN(S(=O)(=O)N3CCCC3)CC2)cs1. The molecule has 9 heteroatoms. The van der Waals surface area contributed by atoms with Crippen molar-refractivity contribution in [2.45, 2.75) is 26.2 Å². The van der Waals surface area contributed by atoms with Gasteiger partial charge in [-0.05, 0) is 19.8 Å². The van der Waals surface area contributed by atoms with Gasteiger partial charge in [-0.3, -0.25) is 4.79 Å². The predicted octanol–water partition coefficient (Wildman–Crippen LogP) is 0.479. The molecule has 0 saturated carbocycles. The Hall–Kier alpha value is -1.03. The number of amides is 1. The van der Waals surface area contributed by atoms with Crippen molar-refractivity contribution in [3.05, 3.63) is 16.1 Å². The molecule has 128 valence electrons. The van der Waals surface area contributed by atoms with E-state index >= 15 is 0 Å². The van der Waals surface area contributed by atoms with E-state index < -0.39 is 10.2 Å². The third kappa shape index (κ3) is 3.73. The average Bonchev–Trinajstić information content (AvgIpc) is 3.19. The Morgan fingerprint density at radius 3 is 2.30 bits per heavy atom. The molecule has 2 saturated heterocycles. The fourth-order valence-corrected chi connectivity index (χ4v) is 5.29. The number of carbonyl (C=O) groups excluding carboxylic acids is 1. The van der Waals surface area contributed by atoms with Crippen molar-refractivity contribution in [3.63, 3.8) is 0 Å². The summed E-state index contributed by atoms with van der Waals surface area (Å²) in [5.41, 5.74) is 0.796. The predicted molar refractivity (Wildman–Crippen MR) is 88.4 cm³/mol. The van der Waals surface area contributed by atoms with Crippen LogP contribution in [0.15, 0.2) is 5.38 Å². The van der Waals surface area contributed by atoms with Crippen LogP contribution >= 0.6 is 11.3 Å². The van der Waals surface area contributed by atoms with Gasteiger partial charge in [-0.15, -0.1) is 11.3 Å². The van der Waals surface area contributed by atoms with Crippen molar-refractivity contribution in [1.82, 2.24) is 18.5 Å². The molecule has 0 unspecified atom stereocenters. The van der Waals surface area contributed by atoms with Gasteiger partial charge in [0.15, 0.2) is 0 Å². The highest BCUT2D eigenvalue weighted by Crippen LogP contribution is 2.18. The zero-order valence-corrected chi connectivity index (χ0v) is 14.9. The number of aromatic nitrogens is 1. The molecule has 0 aromatic carbocycles. The van der Waals surface area contributed by atoms with E-state index in [9.17, 15) is 13.2 Å². The van der Waals surface area contributed by atoms with E-state index in [0.29, 0.717) is 45.7 Å². The number of aryl methyl sites for hydroxylation is 1. The summed E-state index contributed by atoms with van der Waals surface area (Å²) in [5, 5.41) is 2.86. The van der Waals surface area contributed by atoms with Crippen molar-refractivity contribution in [3.8, 4) is 0 Å². The van der Waals surface area contributed by atoms with Crippen LogP contribution in [0.1, 0.15) is 23.5 Å². The van der Waals surface area contributed by atoms with Crippen molar-refractivity contribution in [1.29, 1.82) is 0 Å². The molecule has 7 nitrogen and oxygen atoms in total. The summed E-state index contributed by atoms with van der Waals surface area (Å²) in [5.74, 6) is 0.0218. The molecule has 0 atom stereocenters. The van der Waals surface area contributed by atoms with E-state index in [4.69, 9.17) is 0 Å². The number of rotatable bonds is 4. The minimum Gasteiger partial charge on any atom is -0.340 e. The second kappa shape index (κ2) is 6.84. The second-order valence-corrected chi connectivity index (χ2v) is 8.92. The van der Waals surface area contributed by atoms with E-state index in [1.807, 2.05) is 12.3 Å². The lowest BCUT2D eigenvalue weighted by atomic mass is 10.2. The van der Waals surface area contributed by atoms with Crippen molar-refractivity contribution >= 4 is 27.5 Å². The van der Waals surface area contributed by atoms with Gasteiger partial charge >= 0.3 is 0 Å². The fraction of sp³-hybridized carbons (Fsp3) is 0.714. The molecule has 0 aliphatic carbocycles. The van der Waals surface area contributed by atoms with Crippen LogP contribution in [0.4, 0.5) is 0 Å². The topological polar surface area (TPSA) is 73.8 Å². The molecule has 2 aliphatic heterocycles. The number of nitrogens with zero attached hydrogens (tertiary/aromatic N) is 4. The van der Waals surface area contributed by atoms with Crippen LogP contribution in [0, 0.1) is 6.92 Å². The molecular weight excluding hydrogens is 336 g/mol. The van der Waals surface area contributed by atoms with Gasteiger partial charge in [0.25, 0.3) is 10.2 Å². The van der Waals surface area contributed by atoms with Crippen LogP contribution in [-0.2, 0) is 21.4 Å². The molecular formula is C14H22N4O3S2. The Balaban J connectivity index is 1.54. The first-order chi connectivity index (χ1) is 11.0. The zero-order chi connectivity index (χ0) is 16.4. The molecule has 0 spiro atoms. The number of piperazine rings is 1. The molecule has 3 rings (SSSR count). The Kier molecular flexibility index (Phi) is 5.00. The largest absolute Gasteiger partial charge is 0.340 e. The van der Waals surface area contributed by atoms with Gasteiger partial charge in [0, 0.05) is 44.6 Å². The molecule has 0 N–H and O–H groups in total. The summed E-state index contributed by atoms with van der Waals surface area (Å²) >= 11 is 1.54. The molecule has 3 heterocycles. The van der Waals surface area contributed by atoms with Crippen LogP contribution in [0.25, 0.3) is 0 Å². The van der Waals surface area contributed by atoms with Gasteiger partial charge in [-0.25, -0.2) is 4.98 Å². The molecule has 0 bridgehead atoms. The molecule has 2 fully saturated rings. The lowest BCUT2D eigenvalue weighted by Crippen LogP contribution is -2.54. The highest BCUT2D eigenvalue weighted by atomic mass is 32.2. The monoisotopic (exact) mass is 358 g/mol. The maximum Gasteiger partial charge on any atom is 0.282 e. The Morgan fingerprint density at radius 2 is 1.74 bits per heavy atom. The maximum atomic E-state index is 12.5. The summed E-state index contributed by atoms with van der Waals surface area (Å²) in [4.78, 5) is 18.4. The van der Waals surface area contributed by atoms with E-state index in [-0.39, 0.29) is 5.91 Å². The van der Waals surface area contributed by atoms with Crippen LogP contribution in [0.3, 0.4) is 0 Å². The Labute approximate surface area is 141 Å². The van der Waals surface area contributed by atoms with Crippen LogP contribution in [0.2, 0.25) is 0 Å². The summed E-state index contributed by atoms with van der Waals surface area (Å²) in [7, 11) is -3.35. The maximum absolute atomic E-state index is 12.5. The lowest BCUT2D eigenvalue weighted by molar-refractivity contribution is -0.131. The van der Waals surface area contributed by atoms with Crippen LogP contribution in [0.5, 0.6) is 0 Å². The third-order valence-corrected chi connectivity index (χ3v) is 7.17. The fourth-order valence-electron chi connectivity index (χ4n) is 3.01. The summed E-state index contributed by atoms with van der Waals surface area (Å²) in [6, 6.07) is 0. The summed E-state index contributed by atoms with van der Waals surface area (Å²) in [6.45, 7) is 4.81. The van der Waals surface area contributed by atoms with Gasteiger partial charge in [0.05, 0.1) is 17.1 Å². The van der Waals surface area contributed by atoms with Gasteiger partial charge < -0.3 is 4.90 Å². The Bertz CT molecular complexity index is 659. The van der Waals surface area contributed by atoms with Crippen LogP contribution in [-0.4, -0.2) is 72.1 Å². The van der Waals surface area contributed by atoms with Gasteiger partial charge in [0.2, 0.25) is 5.91 Å². The molecule has 23 heavy (non-hydrogen) atoms. The number of thiazole rings is 1. The van der Waals surface area contributed by atoms with Crippen molar-refractivity contribution in [2.24, 2.45) is 0 Å². The molecule has 1 aromatic heterocycles. The number of hydrogen-bond acceptors (Lipinski definition) is 5. The van der Waals surface area contributed by atoms with E-state index in [1.165, 1.54) is 15.6 Å². The highest BCUT2D eigenvalue weighted by molar-refractivity contribution is 7.86. The average molecular weight is 358 g/mol. The number of carbonyl (C=O) groups is 1. The first-order valence-electron chi connectivity index (χ1n) is 7.91. The van der Waals surface area contributed by atoms with Crippen molar-refractivity contribution in [2.75, 3.05) is 39.3 Å². The smallest absolute Gasteiger partial charge is 0.282 e. The third-order valence-electron chi connectivity index (χ3n) is 4.31. The minimum atomic E-state index is -3.35. The summed E-state index contributed by atoms with van der Waals surface area (Å²) < 4.78 is 28.1. The minimum absolute atomic E-state index is 0.0218. The van der Waals surface area contributed by atoms with Gasteiger partial charge in [0.1, 0.15) is 0 Å². The second-order valence-electron chi connectivity index (χ2n) is 5.93. The van der Waals surface area contributed by atoms with Crippen LogP contribution < -0.4 is 0 Å². The number of hydrogen-bond donors (Lipinski definition) is 0. The molecule has 2 aliphatic rings.